The summed E-state index contributed by atoms with van der Waals surface area (Å²) in [5.41, 5.74) is 0.100. The fourth-order valence-corrected chi connectivity index (χ4v) is 1.83. The Hall–Kier alpha value is -3.03. The molecule has 0 bridgehead atoms. The standard InChI is InChI=1S/C11H7N5O3/c17-11-7-5-14-15(10(7)12-6-13-11)8-3-1-2-4-9(8)16(18)19/h1-6H,(H,12,13,17). The third-order valence-corrected chi connectivity index (χ3v) is 2.68. The number of fused-ring (bicyclic) bond motifs is 1. The molecule has 1 aromatic carbocycles. The van der Waals surface area contributed by atoms with Gasteiger partial charge < -0.3 is 4.98 Å². The van der Waals surface area contributed by atoms with Crippen molar-refractivity contribution in [3.63, 3.8) is 0 Å². The highest BCUT2D eigenvalue weighted by molar-refractivity contribution is 5.75. The minimum absolute atomic E-state index is 0.102. The van der Waals surface area contributed by atoms with E-state index in [1.54, 1.807) is 18.2 Å². The lowest BCUT2D eigenvalue weighted by Gasteiger charge is -2.03. The second-order valence-electron chi connectivity index (χ2n) is 3.77. The van der Waals surface area contributed by atoms with Crippen LogP contribution in [0.1, 0.15) is 0 Å². The van der Waals surface area contributed by atoms with E-state index in [4.69, 9.17) is 0 Å². The van der Waals surface area contributed by atoms with Gasteiger partial charge in [-0.15, -0.1) is 0 Å². The zero-order valence-corrected chi connectivity index (χ0v) is 9.48. The molecule has 0 aliphatic heterocycles. The van der Waals surface area contributed by atoms with E-state index < -0.39 is 4.92 Å². The smallest absolute Gasteiger partial charge is 0.294 e. The minimum atomic E-state index is -0.504. The Labute approximate surface area is 105 Å². The Morgan fingerprint density at radius 3 is 2.89 bits per heavy atom. The number of benzene rings is 1. The summed E-state index contributed by atoms with van der Waals surface area (Å²) >= 11 is 0. The molecule has 19 heavy (non-hydrogen) atoms. The number of nitro benzene ring substituents is 1. The van der Waals surface area contributed by atoms with Crippen molar-refractivity contribution in [1.29, 1.82) is 0 Å². The van der Waals surface area contributed by atoms with Crippen molar-refractivity contribution in [2.24, 2.45) is 0 Å². The molecule has 1 N–H and O–H groups in total. The Morgan fingerprint density at radius 1 is 1.32 bits per heavy atom. The molecular weight excluding hydrogens is 250 g/mol. The molecule has 0 amide bonds. The number of nitrogens with zero attached hydrogens (tertiary/aromatic N) is 4. The van der Waals surface area contributed by atoms with Crippen LogP contribution in [0.15, 0.2) is 41.6 Å². The van der Waals surface area contributed by atoms with E-state index >= 15 is 0 Å². The molecular formula is C11H7N5O3. The van der Waals surface area contributed by atoms with Crippen LogP contribution in [0.3, 0.4) is 0 Å². The number of aromatic amines is 1. The highest BCUT2D eigenvalue weighted by Crippen LogP contribution is 2.23. The van der Waals surface area contributed by atoms with Gasteiger partial charge in [0.15, 0.2) is 5.65 Å². The zero-order valence-electron chi connectivity index (χ0n) is 9.48. The van der Waals surface area contributed by atoms with Crippen molar-refractivity contribution in [2.45, 2.75) is 0 Å². The number of nitrogens with one attached hydrogen (secondary N) is 1. The summed E-state index contributed by atoms with van der Waals surface area (Å²) in [6.45, 7) is 0. The fraction of sp³-hybridized carbons (Fsp3) is 0. The first kappa shape index (κ1) is 11.1. The quantitative estimate of drug-likeness (QED) is 0.544. The second kappa shape index (κ2) is 4.02. The van der Waals surface area contributed by atoms with Gasteiger partial charge in [-0.3, -0.25) is 14.9 Å². The minimum Gasteiger partial charge on any atom is -0.312 e. The Bertz CT molecular complexity index is 835. The van der Waals surface area contributed by atoms with Gasteiger partial charge in [-0.25, -0.2) is 9.67 Å². The van der Waals surface area contributed by atoms with E-state index in [2.05, 4.69) is 15.1 Å². The number of H-pyrrole nitrogens is 1. The monoisotopic (exact) mass is 257 g/mol. The lowest BCUT2D eigenvalue weighted by molar-refractivity contribution is -0.384. The lowest BCUT2D eigenvalue weighted by atomic mass is 10.2. The van der Waals surface area contributed by atoms with E-state index in [0.717, 1.165) is 0 Å². The molecule has 0 aliphatic carbocycles. The van der Waals surface area contributed by atoms with Crippen LogP contribution in [0.4, 0.5) is 5.69 Å². The normalized spacial score (nSPS) is 10.7. The highest BCUT2D eigenvalue weighted by Gasteiger charge is 2.18. The molecule has 8 nitrogen and oxygen atoms in total. The SMILES string of the molecule is O=c1[nH]cnc2c1cnn2-c1ccccc1[N+](=O)[O-]. The molecule has 2 heterocycles. The van der Waals surface area contributed by atoms with Gasteiger partial charge in [-0.05, 0) is 6.07 Å². The van der Waals surface area contributed by atoms with Crippen molar-refractivity contribution < 1.29 is 4.92 Å². The molecule has 94 valence electrons. The molecule has 3 aromatic rings. The van der Waals surface area contributed by atoms with Gasteiger partial charge in [0, 0.05) is 6.07 Å². The Balaban J connectivity index is 2.35. The predicted octanol–water partition coefficient (Wildman–Crippen LogP) is 1.02. The lowest BCUT2D eigenvalue weighted by Crippen LogP contribution is -2.07. The van der Waals surface area contributed by atoms with Crippen LogP contribution >= 0.6 is 0 Å². The highest BCUT2D eigenvalue weighted by atomic mass is 16.6. The van der Waals surface area contributed by atoms with Gasteiger partial charge in [0.05, 0.1) is 17.4 Å². The molecule has 2 aromatic heterocycles. The van der Waals surface area contributed by atoms with Crippen LogP contribution in [-0.2, 0) is 0 Å². The maximum absolute atomic E-state index is 11.6. The van der Waals surface area contributed by atoms with Gasteiger partial charge in [0.1, 0.15) is 11.1 Å². The Morgan fingerprint density at radius 2 is 2.11 bits per heavy atom. The zero-order chi connectivity index (χ0) is 13.4. The van der Waals surface area contributed by atoms with E-state index in [9.17, 15) is 14.9 Å². The number of hydrogen-bond acceptors (Lipinski definition) is 5. The van der Waals surface area contributed by atoms with Crippen molar-refractivity contribution in [1.82, 2.24) is 19.7 Å². The van der Waals surface area contributed by atoms with Crippen molar-refractivity contribution >= 4 is 16.7 Å². The molecule has 0 aliphatic rings. The van der Waals surface area contributed by atoms with Gasteiger partial charge in [-0.1, -0.05) is 12.1 Å². The van der Waals surface area contributed by atoms with Crippen LogP contribution in [0.5, 0.6) is 0 Å². The summed E-state index contributed by atoms with van der Waals surface area (Å²) < 4.78 is 1.28. The van der Waals surface area contributed by atoms with Crippen LogP contribution < -0.4 is 5.56 Å². The summed E-state index contributed by atoms with van der Waals surface area (Å²) in [6.07, 6.45) is 2.56. The maximum Gasteiger partial charge on any atom is 0.294 e. The molecule has 0 saturated heterocycles. The third kappa shape index (κ3) is 1.66. The second-order valence-corrected chi connectivity index (χ2v) is 3.77. The fourth-order valence-electron chi connectivity index (χ4n) is 1.83. The molecule has 0 spiro atoms. The largest absolute Gasteiger partial charge is 0.312 e. The van der Waals surface area contributed by atoms with Gasteiger partial charge in [-0.2, -0.15) is 5.10 Å². The topological polar surface area (TPSA) is 107 Å². The van der Waals surface area contributed by atoms with Crippen LogP contribution in [0, 0.1) is 10.1 Å². The summed E-state index contributed by atoms with van der Waals surface area (Å²) in [7, 11) is 0. The number of nitro groups is 1. The van der Waals surface area contributed by atoms with Gasteiger partial charge in [0.2, 0.25) is 0 Å². The third-order valence-electron chi connectivity index (χ3n) is 2.68. The molecule has 3 rings (SSSR count). The molecule has 0 unspecified atom stereocenters. The number of rotatable bonds is 2. The average Bonchev–Trinajstić information content (AvgIpc) is 2.84. The summed E-state index contributed by atoms with van der Waals surface area (Å²) in [5.74, 6) is 0. The molecule has 0 radical (unpaired) electrons. The van der Waals surface area contributed by atoms with Crippen molar-refractivity contribution in [3.05, 3.63) is 57.3 Å². The first-order valence-corrected chi connectivity index (χ1v) is 5.33. The van der Waals surface area contributed by atoms with Gasteiger partial charge >= 0.3 is 0 Å². The number of aromatic nitrogens is 4. The first-order valence-electron chi connectivity index (χ1n) is 5.33. The summed E-state index contributed by atoms with van der Waals surface area (Å²) in [4.78, 5) is 28.5. The number of hydrogen-bond donors (Lipinski definition) is 1. The van der Waals surface area contributed by atoms with Crippen LogP contribution in [0.2, 0.25) is 0 Å². The number of para-hydroxylation sites is 2. The predicted molar refractivity (Wildman–Crippen MR) is 66.1 cm³/mol. The molecule has 0 saturated carbocycles. The van der Waals surface area contributed by atoms with Crippen molar-refractivity contribution in [2.75, 3.05) is 0 Å². The van der Waals surface area contributed by atoms with E-state index in [-0.39, 0.29) is 28.0 Å². The Kier molecular flexibility index (Phi) is 2.34. The van der Waals surface area contributed by atoms with Gasteiger partial charge in [0.25, 0.3) is 11.2 Å². The molecule has 0 atom stereocenters. The van der Waals surface area contributed by atoms with E-state index in [0.29, 0.717) is 0 Å². The average molecular weight is 257 g/mol. The van der Waals surface area contributed by atoms with E-state index in [1.165, 1.54) is 23.3 Å². The first-order chi connectivity index (χ1) is 9.18. The van der Waals surface area contributed by atoms with E-state index in [1.807, 2.05) is 0 Å². The van der Waals surface area contributed by atoms with Crippen molar-refractivity contribution in [3.8, 4) is 5.69 Å². The van der Waals surface area contributed by atoms with Crippen LogP contribution in [-0.4, -0.2) is 24.7 Å². The van der Waals surface area contributed by atoms with Crippen LogP contribution in [0.25, 0.3) is 16.7 Å². The summed E-state index contributed by atoms with van der Waals surface area (Å²) in [5, 5.41) is 15.3. The maximum atomic E-state index is 11.6. The summed E-state index contributed by atoms with van der Waals surface area (Å²) in [6, 6.07) is 6.14. The molecule has 0 fully saturated rings. The molecule has 8 heteroatoms.